The van der Waals surface area contributed by atoms with Crippen LogP contribution in [0.4, 0.5) is 0 Å². The number of carbonyl (C=O) groups excluding carboxylic acids is 1. The Labute approximate surface area is 53.4 Å². The van der Waals surface area contributed by atoms with Crippen molar-refractivity contribution in [3.8, 4) is 0 Å². The molecule has 0 rings (SSSR count). The lowest BCUT2D eigenvalue weighted by Crippen LogP contribution is -2.27. The Hall–Kier alpha value is -0.220. The second-order valence-electron chi connectivity index (χ2n) is 1.40. The molecule has 0 aliphatic heterocycles. The summed E-state index contributed by atoms with van der Waals surface area (Å²) in [6.45, 7) is 1.81. The fourth-order valence-electron chi connectivity index (χ4n) is 0.260. The van der Waals surface area contributed by atoms with Gasteiger partial charge < -0.3 is 0 Å². The van der Waals surface area contributed by atoms with E-state index in [0.717, 1.165) is 0 Å². The average Bonchev–Trinajstić information content (AvgIpc) is 1.84. The molecule has 0 aromatic carbocycles. The molecule has 0 spiro atoms. The monoisotopic (exact) mass is 135 g/mol. The molecule has 0 aromatic heterocycles. The van der Waals surface area contributed by atoms with E-state index in [1.165, 1.54) is 5.48 Å². The standard InChI is InChI=1S/C4H9NO2S/c1-2-3(8)4(6)5-7/h3,7-8H,2H2,1H3,(H,5,6). The highest BCUT2D eigenvalue weighted by Gasteiger charge is 2.08. The van der Waals surface area contributed by atoms with Gasteiger partial charge in [-0.25, -0.2) is 5.48 Å². The van der Waals surface area contributed by atoms with E-state index in [-0.39, 0.29) is 5.25 Å². The summed E-state index contributed by atoms with van der Waals surface area (Å²) < 4.78 is 0. The fourth-order valence-corrected chi connectivity index (χ4v) is 0.318. The Bertz CT molecular complexity index is 86.1. The SMILES string of the molecule is CCC(S)C(=O)NO. The summed E-state index contributed by atoms with van der Waals surface area (Å²) in [7, 11) is 0. The van der Waals surface area contributed by atoms with E-state index >= 15 is 0 Å². The molecular formula is C4H9NO2S. The van der Waals surface area contributed by atoms with Gasteiger partial charge in [0.25, 0.3) is 5.91 Å². The summed E-state index contributed by atoms with van der Waals surface area (Å²) in [5.74, 6) is -0.448. The third-order valence-corrected chi connectivity index (χ3v) is 1.40. The molecule has 1 unspecified atom stereocenters. The van der Waals surface area contributed by atoms with E-state index in [1.54, 1.807) is 0 Å². The Balaban J connectivity index is 3.46. The van der Waals surface area contributed by atoms with Crippen molar-refractivity contribution in [1.29, 1.82) is 0 Å². The number of rotatable bonds is 2. The van der Waals surface area contributed by atoms with Gasteiger partial charge in [0.1, 0.15) is 0 Å². The summed E-state index contributed by atoms with van der Waals surface area (Å²) in [6.07, 6.45) is 0.621. The van der Waals surface area contributed by atoms with Crippen LogP contribution in [0, 0.1) is 0 Å². The maximum Gasteiger partial charge on any atom is 0.256 e. The van der Waals surface area contributed by atoms with Crippen molar-refractivity contribution >= 4 is 18.5 Å². The van der Waals surface area contributed by atoms with E-state index in [0.29, 0.717) is 6.42 Å². The van der Waals surface area contributed by atoms with Gasteiger partial charge in [-0.05, 0) is 6.42 Å². The number of hydrogen-bond donors (Lipinski definition) is 3. The van der Waals surface area contributed by atoms with Crippen LogP contribution in [0.3, 0.4) is 0 Å². The first-order valence-electron chi connectivity index (χ1n) is 2.34. The predicted molar refractivity (Wildman–Crippen MR) is 33.0 cm³/mol. The molecule has 2 N–H and O–H groups in total. The Morgan fingerprint density at radius 3 is 2.62 bits per heavy atom. The number of amides is 1. The minimum Gasteiger partial charge on any atom is -0.289 e. The first kappa shape index (κ1) is 7.78. The molecule has 48 valence electrons. The van der Waals surface area contributed by atoms with Crippen molar-refractivity contribution in [2.24, 2.45) is 0 Å². The van der Waals surface area contributed by atoms with Gasteiger partial charge >= 0.3 is 0 Å². The maximum atomic E-state index is 10.3. The molecule has 4 heteroatoms. The molecule has 0 radical (unpaired) electrons. The summed E-state index contributed by atoms with van der Waals surface area (Å²) in [4.78, 5) is 10.3. The van der Waals surface area contributed by atoms with Gasteiger partial charge in [-0.15, -0.1) is 0 Å². The van der Waals surface area contributed by atoms with Crippen LogP contribution in [-0.2, 0) is 4.79 Å². The van der Waals surface area contributed by atoms with E-state index in [4.69, 9.17) is 5.21 Å². The molecule has 0 aliphatic carbocycles. The van der Waals surface area contributed by atoms with Gasteiger partial charge in [0.2, 0.25) is 0 Å². The van der Waals surface area contributed by atoms with E-state index in [2.05, 4.69) is 12.6 Å². The number of thiol groups is 1. The average molecular weight is 135 g/mol. The van der Waals surface area contributed by atoms with Gasteiger partial charge in [0.15, 0.2) is 0 Å². The van der Waals surface area contributed by atoms with Crippen LogP contribution in [0.1, 0.15) is 13.3 Å². The number of nitrogens with one attached hydrogen (secondary N) is 1. The third kappa shape index (κ3) is 2.18. The summed E-state index contributed by atoms with van der Waals surface area (Å²) in [6, 6.07) is 0. The first-order valence-corrected chi connectivity index (χ1v) is 2.86. The highest BCUT2D eigenvalue weighted by Crippen LogP contribution is 1.97. The first-order chi connectivity index (χ1) is 3.72. The van der Waals surface area contributed by atoms with Crippen molar-refractivity contribution < 1.29 is 10.0 Å². The van der Waals surface area contributed by atoms with Crippen molar-refractivity contribution in [2.75, 3.05) is 0 Å². The van der Waals surface area contributed by atoms with E-state index in [9.17, 15) is 4.79 Å². The summed E-state index contributed by atoms with van der Waals surface area (Å²) in [5, 5.41) is 7.60. The molecule has 1 atom stereocenters. The predicted octanol–water partition coefficient (Wildman–Crippen LogP) is 0.200. The zero-order chi connectivity index (χ0) is 6.57. The lowest BCUT2D eigenvalue weighted by atomic mass is 10.3. The van der Waals surface area contributed by atoms with Crippen molar-refractivity contribution in [2.45, 2.75) is 18.6 Å². The fraction of sp³-hybridized carbons (Fsp3) is 0.750. The van der Waals surface area contributed by atoms with Gasteiger partial charge in [-0.3, -0.25) is 10.0 Å². The smallest absolute Gasteiger partial charge is 0.256 e. The van der Waals surface area contributed by atoms with Crippen LogP contribution in [-0.4, -0.2) is 16.4 Å². The molecule has 0 saturated heterocycles. The molecule has 1 amide bonds. The molecule has 0 aromatic rings. The van der Waals surface area contributed by atoms with Crippen LogP contribution in [0.5, 0.6) is 0 Å². The van der Waals surface area contributed by atoms with Gasteiger partial charge in [0, 0.05) is 0 Å². The minimum absolute atomic E-state index is 0.389. The highest BCUT2D eigenvalue weighted by molar-refractivity contribution is 7.81. The van der Waals surface area contributed by atoms with Crippen LogP contribution in [0.25, 0.3) is 0 Å². The van der Waals surface area contributed by atoms with Gasteiger partial charge in [-0.1, -0.05) is 6.92 Å². The molecular weight excluding hydrogens is 126 g/mol. The lowest BCUT2D eigenvalue weighted by molar-refractivity contribution is -0.128. The third-order valence-electron chi connectivity index (χ3n) is 0.800. The molecule has 0 bridgehead atoms. The number of hydrogen-bond acceptors (Lipinski definition) is 3. The van der Waals surface area contributed by atoms with Gasteiger partial charge in [-0.2, -0.15) is 12.6 Å². The quantitative estimate of drug-likeness (QED) is 0.288. The van der Waals surface area contributed by atoms with Crippen LogP contribution in [0.2, 0.25) is 0 Å². The molecule has 0 saturated carbocycles. The zero-order valence-corrected chi connectivity index (χ0v) is 5.48. The van der Waals surface area contributed by atoms with E-state index < -0.39 is 5.91 Å². The summed E-state index contributed by atoms with van der Waals surface area (Å²) >= 11 is 3.83. The molecule has 0 heterocycles. The Morgan fingerprint density at radius 2 is 2.50 bits per heavy atom. The molecule has 0 aliphatic rings. The van der Waals surface area contributed by atoms with E-state index in [1.807, 2.05) is 6.92 Å². The molecule has 8 heavy (non-hydrogen) atoms. The second kappa shape index (κ2) is 3.74. The lowest BCUT2D eigenvalue weighted by Gasteiger charge is -2.01. The molecule has 0 fully saturated rings. The topological polar surface area (TPSA) is 49.3 Å². The second-order valence-corrected chi connectivity index (χ2v) is 2.02. The minimum atomic E-state index is -0.448. The van der Waals surface area contributed by atoms with Crippen LogP contribution >= 0.6 is 12.6 Å². The number of hydroxylamine groups is 1. The largest absolute Gasteiger partial charge is 0.289 e. The summed E-state index contributed by atoms with van der Waals surface area (Å²) in [5.41, 5.74) is 1.50. The van der Waals surface area contributed by atoms with Crippen LogP contribution in [0.15, 0.2) is 0 Å². The number of carbonyl (C=O) groups is 1. The Morgan fingerprint density at radius 1 is 2.00 bits per heavy atom. The zero-order valence-electron chi connectivity index (χ0n) is 4.59. The highest BCUT2D eigenvalue weighted by atomic mass is 32.1. The molecule has 3 nitrogen and oxygen atoms in total. The van der Waals surface area contributed by atoms with Gasteiger partial charge in [0.05, 0.1) is 5.25 Å². The van der Waals surface area contributed by atoms with Crippen molar-refractivity contribution in [3.05, 3.63) is 0 Å². The van der Waals surface area contributed by atoms with Crippen LogP contribution < -0.4 is 5.48 Å². The Kier molecular flexibility index (Phi) is 3.64. The van der Waals surface area contributed by atoms with Crippen molar-refractivity contribution in [1.82, 2.24) is 5.48 Å². The maximum absolute atomic E-state index is 10.3. The van der Waals surface area contributed by atoms with Crippen molar-refractivity contribution in [3.63, 3.8) is 0 Å². The normalized spacial score (nSPS) is 12.9.